The van der Waals surface area contributed by atoms with E-state index in [1.807, 2.05) is 23.3 Å². The summed E-state index contributed by atoms with van der Waals surface area (Å²) in [6.07, 6.45) is -3.00. The summed E-state index contributed by atoms with van der Waals surface area (Å²) in [5.41, 5.74) is 2.31. The lowest BCUT2D eigenvalue weighted by Gasteiger charge is -2.24. The van der Waals surface area contributed by atoms with Gasteiger partial charge in [-0.15, -0.1) is 11.3 Å². The van der Waals surface area contributed by atoms with Crippen molar-refractivity contribution in [2.45, 2.75) is 44.6 Å². The highest BCUT2D eigenvalue weighted by molar-refractivity contribution is 7.07. The quantitative estimate of drug-likeness (QED) is 0.804. The Morgan fingerprint density at radius 3 is 2.52 bits per heavy atom. The third-order valence-corrected chi connectivity index (χ3v) is 5.59. The lowest BCUT2D eigenvalue weighted by atomic mass is 10.1. The van der Waals surface area contributed by atoms with Crippen LogP contribution in [0.2, 0.25) is 0 Å². The summed E-state index contributed by atoms with van der Waals surface area (Å²) in [5.74, 6) is -0.697. The molecule has 4 rings (SSSR count). The maximum Gasteiger partial charge on any atom is 0.490 e. The number of amides is 1. The number of carboxylic acid groups (broad SMARTS) is 1. The van der Waals surface area contributed by atoms with Gasteiger partial charge in [0.05, 0.1) is 12.1 Å². The van der Waals surface area contributed by atoms with E-state index in [0.717, 1.165) is 44.0 Å². The van der Waals surface area contributed by atoms with Crippen LogP contribution in [0.5, 0.6) is 0 Å². The van der Waals surface area contributed by atoms with Gasteiger partial charge in [0.15, 0.2) is 0 Å². The van der Waals surface area contributed by atoms with Gasteiger partial charge in [0, 0.05) is 30.6 Å². The highest BCUT2D eigenvalue weighted by Crippen LogP contribution is 2.33. The molecule has 0 bridgehead atoms. The van der Waals surface area contributed by atoms with Gasteiger partial charge in [-0.25, -0.2) is 9.78 Å². The van der Waals surface area contributed by atoms with E-state index in [4.69, 9.17) is 14.3 Å². The summed E-state index contributed by atoms with van der Waals surface area (Å²) in [7, 11) is 0. The number of thiazole rings is 1. The molecule has 2 fully saturated rings. The lowest BCUT2D eigenvalue weighted by Crippen LogP contribution is -2.39. The molecule has 2 aromatic heterocycles. The molecule has 2 saturated heterocycles. The normalized spacial score (nSPS) is 21.6. The number of likely N-dealkylation sites (tertiary alicyclic amines) is 2. The van der Waals surface area contributed by atoms with E-state index in [0.29, 0.717) is 17.8 Å². The topological polar surface area (TPSA) is 86.9 Å². The Kier molecular flexibility index (Phi) is 6.27. The molecule has 158 valence electrons. The minimum atomic E-state index is -5.08. The number of carboxylic acids is 1. The molecule has 4 heterocycles. The zero-order valence-corrected chi connectivity index (χ0v) is 16.4. The van der Waals surface area contributed by atoms with Crippen molar-refractivity contribution in [2.24, 2.45) is 0 Å². The van der Waals surface area contributed by atoms with Crippen LogP contribution in [-0.2, 0) is 11.3 Å². The number of halogens is 3. The highest BCUT2D eigenvalue weighted by atomic mass is 32.1. The molecule has 2 atom stereocenters. The van der Waals surface area contributed by atoms with Gasteiger partial charge in [-0.1, -0.05) is 0 Å². The van der Waals surface area contributed by atoms with E-state index < -0.39 is 12.1 Å². The molecule has 0 saturated carbocycles. The molecule has 0 aromatic carbocycles. The molecule has 1 N–H and O–H groups in total. The molecule has 1 amide bonds. The first-order valence-electron chi connectivity index (χ1n) is 8.95. The van der Waals surface area contributed by atoms with Crippen molar-refractivity contribution in [1.29, 1.82) is 0 Å². The van der Waals surface area contributed by atoms with Crippen LogP contribution in [0.15, 0.2) is 27.4 Å². The van der Waals surface area contributed by atoms with Crippen molar-refractivity contribution in [2.75, 3.05) is 13.1 Å². The number of rotatable bonds is 3. The Bertz CT molecular complexity index is 853. The lowest BCUT2D eigenvalue weighted by molar-refractivity contribution is -0.192. The Morgan fingerprint density at radius 1 is 1.28 bits per heavy atom. The SMILES string of the molecule is Cc1ccc(CN2CC[C@@H]3[C@@H]2CCN3C(=O)c2cscn2)o1.O=C(O)C(F)(F)F. The molecule has 0 radical (unpaired) electrons. The molecule has 0 unspecified atom stereocenters. The molecule has 11 heteroatoms. The first kappa shape index (κ1) is 21.3. The number of nitrogens with zero attached hydrogens (tertiary/aromatic N) is 3. The van der Waals surface area contributed by atoms with Crippen LogP contribution in [0.4, 0.5) is 13.2 Å². The van der Waals surface area contributed by atoms with Crippen LogP contribution in [0.1, 0.15) is 34.9 Å². The van der Waals surface area contributed by atoms with Crippen LogP contribution in [0.3, 0.4) is 0 Å². The molecular weight excluding hydrogens is 411 g/mol. The standard InChI is InChI=1S/C16H19N3O2S.C2HF3O2/c1-11-2-3-12(21-11)8-18-6-4-15-14(18)5-7-19(15)16(20)13-9-22-10-17-13;3-2(4,5)1(6)7/h2-3,9-10,14-15H,4-8H2,1H3;(H,6,7)/t14-,15+;/m0./s1. The van der Waals surface area contributed by atoms with Gasteiger partial charge < -0.3 is 14.4 Å². The Hall–Kier alpha value is -2.40. The van der Waals surface area contributed by atoms with Crippen LogP contribution in [-0.4, -0.2) is 63.1 Å². The summed E-state index contributed by atoms with van der Waals surface area (Å²) in [5, 5.41) is 8.97. The van der Waals surface area contributed by atoms with Gasteiger partial charge in [-0.2, -0.15) is 13.2 Å². The summed E-state index contributed by atoms with van der Waals surface area (Å²) in [4.78, 5) is 30.1. The molecular formula is C18H20F3N3O4S. The number of aliphatic carboxylic acids is 1. The van der Waals surface area contributed by atoms with Gasteiger partial charge >= 0.3 is 12.1 Å². The largest absolute Gasteiger partial charge is 0.490 e. The molecule has 2 aromatic rings. The highest BCUT2D eigenvalue weighted by Gasteiger charge is 2.44. The number of hydrogen-bond donors (Lipinski definition) is 1. The number of aromatic nitrogens is 1. The van der Waals surface area contributed by atoms with Crippen molar-refractivity contribution in [3.05, 3.63) is 40.2 Å². The summed E-state index contributed by atoms with van der Waals surface area (Å²) in [6.45, 7) is 4.67. The number of alkyl halides is 3. The first-order valence-corrected chi connectivity index (χ1v) is 9.89. The van der Waals surface area contributed by atoms with Crippen LogP contribution in [0.25, 0.3) is 0 Å². The molecule has 0 spiro atoms. The van der Waals surface area contributed by atoms with Gasteiger partial charge in [-0.05, 0) is 31.9 Å². The van der Waals surface area contributed by atoms with Crippen molar-refractivity contribution in [3.63, 3.8) is 0 Å². The third kappa shape index (κ3) is 4.96. The van der Waals surface area contributed by atoms with Crippen molar-refractivity contribution in [1.82, 2.24) is 14.8 Å². The molecule has 2 aliphatic rings. The Balaban J connectivity index is 0.000000298. The zero-order valence-electron chi connectivity index (χ0n) is 15.6. The molecule has 7 nitrogen and oxygen atoms in total. The fourth-order valence-electron chi connectivity index (χ4n) is 3.76. The minimum Gasteiger partial charge on any atom is -0.475 e. The van der Waals surface area contributed by atoms with Crippen molar-refractivity contribution < 1.29 is 32.3 Å². The van der Waals surface area contributed by atoms with Crippen LogP contribution in [0, 0.1) is 6.92 Å². The maximum absolute atomic E-state index is 12.6. The van der Waals surface area contributed by atoms with Gasteiger partial charge in [0.1, 0.15) is 17.2 Å². The number of carbonyl (C=O) groups excluding carboxylic acids is 1. The first-order chi connectivity index (χ1) is 13.7. The molecule has 29 heavy (non-hydrogen) atoms. The second-order valence-corrected chi connectivity index (χ2v) is 7.59. The fraction of sp³-hybridized carbons (Fsp3) is 0.500. The van der Waals surface area contributed by atoms with Gasteiger partial charge in [-0.3, -0.25) is 9.69 Å². The van der Waals surface area contributed by atoms with Crippen LogP contribution >= 0.6 is 11.3 Å². The average molecular weight is 431 g/mol. The van der Waals surface area contributed by atoms with Crippen molar-refractivity contribution in [3.8, 4) is 0 Å². The van der Waals surface area contributed by atoms with E-state index in [1.165, 1.54) is 11.3 Å². The second-order valence-electron chi connectivity index (χ2n) is 6.87. The maximum atomic E-state index is 12.6. The monoisotopic (exact) mass is 431 g/mol. The number of carbonyl (C=O) groups is 2. The fourth-order valence-corrected chi connectivity index (χ4v) is 4.29. The average Bonchev–Trinajstić information content (AvgIpc) is 3.40. The van der Waals surface area contributed by atoms with Gasteiger partial charge in [0.2, 0.25) is 0 Å². The molecule has 0 aliphatic carbocycles. The van der Waals surface area contributed by atoms with E-state index in [-0.39, 0.29) is 5.91 Å². The number of fused-ring (bicyclic) bond motifs is 1. The van der Waals surface area contributed by atoms with Crippen molar-refractivity contribution >= 4 is 23.2 Å². The zero-order chi connectivity index (χ0) is 21.2. The minimum absolute atomic E-state index is 0.0874. The van der Waals surface area contributed by atoms with E-state index in [1.54, 1.807) is 5.51 Å². The number of hydrogen-bond acceptors (Lipinski definition) is 6. The van der Waals surface area contributed by atoms with E-state index in [9.17, 15) is 18.0 Å². The summed E-state index contributed by atoms with van der Waals surface area (Å²) >= 11 is 1.48. The predicted molar refractivity (Wildman–Crippen MR) is 97.5 cm³/mol. The summed E-state index contributed by atoms with van der Waals surface area (Å²) in [6, 6.07) is 4.84. The number of aryl methyl sites for hydroxylation is 1. The smallest absolute Gasteiger partial charge is 0.475 e. The van der Waals surface area contributed by atoms with E-state index >= 15 is 0 Å². The molecule has 2 aliphatic heterocycles. The summed E-state index contributed by atoms with van der Waals surface area (Å²) < 4.78 is 37.4. The van der Waals surface area contributed by atoms with Crippen LogP contribution < -0.4 is 0 Å². The Labute approximate surface area is 168 Å². The predicted octanol–water partition coefficient (Wildman–Crippen LogP) is 3.17. The van der Waals surface area contributed by atoms with Gasteiger partial charge in [0.25, 0.3) is 5.91 Å². The Morgan fingerprint density at radius 2 is 1.97 bits per heavy atom. The third-order valence-electron chi connectivity index (χ3n) is 5.00. The van der Waals surface area contributed by atoms with E-state index in [2.05, 4.69) is 16.0 Å². The second kappa shape index (κ2) is 8.54. The number of furan rings is 1.